The topological polar surface area (TPSA) is 9.72 Å². The van der Waals surface area contributed by atoms with E-state index in [0.29, 0.717) is 0 Å². The van der Waals surface area contributed by atoms with Crippen LogP contribution in [0.25, 0.3) is 27.5 Å². The van der Waals surface area contributed by atoms with Crippen LogP contribution >= 0.6 is 0 Å². The van der Waals surface area contributed by atoms with Crippen molar-refractivity contribution in [1.82, 2.24) is 0 Å². The number of hydrogen-bond donors (Lipinski definition) is 0. The fraction of sp³-hybridized carbons (Fsp3) is 0.279. The Balaban J connectivity index is 0.816. The second kappa shape index (κ2) is 17.8. The molecule has 0 amide bonds. The van der Waals surface area contributed by atoms with Crippen LogP contribution in [-0.2, 0) is 38.9 Å². The molecule has 89 heavy (non-hydrogen) atoms. The predicted octanol–water partition coefficient (Wildman–Crippen LogP) is 22.5. The lowest BCUT2D eigenvalue weighted by Crippen LogP contribution is -2.51. The summed E-state index contributed by atoms with van der Waals surface area (Å²) in [5.41, 5.74) is 37.9. The van der Waals surface area contributed by atoms with Crippen LogP contribution in [0.3, 0.4) is 0 Å². The number of anilines is 8. The normalized spacial score (nSPS) is 19.4. The molecule has 0 aromatic heterocycles. The fourth-order valence-corrected chi connectivity index (χ4v) is 18.9. The first-order chi connectivity index (χ1) is 42.4. The van der Waals surface area contributed by atoms with Gasteiger partial charge in [0.1, 0.15) is 0 Å². The van der Waals surface area contributed by atoms with Crippen LogP contribution in [0.4, 0.5) is 45.5 Å². The molecule has 7 aliphatic rings. The summed E-state index contributed by atoms with van der Waals surface area (Å²) < 4.78 is 0. The maximum Gasteiger partial charge on any atom is 0.0545 e. The molecule has 0 fully saturated rings. The number of benzene rings is 10. The molecule has 440 valence electrons. The quantitative estimate of drug-likeness (QED) is 0.157. The van der Waals surface area contributed by atoms with E-state index in [-0.39, 0.29) is 38.4 Å². The number of hydrogen-bond acceptors (Lipinski definition) is 3. The van der Waals surface area contributed by atoms with Gasteiger partial charge in [-0.25, -0.2) is 0 Å². The monoisotopic (exact) mass is 1160 g/mol. The largest absolute Gasteiger partial charge is 0.312 e. The summed E-state index contributed by atoms with van der Waals surface area (Å²) in [6.45, 7) is 36.4. The third-order valence-electron chi connectivity index (χ3n) is 23.3. The number of fused-ring (bicyclic) bond motifs is 1. The molecule has 3 nitrogen and oxygen atoms in total. The van der Waals surface area contributed by atoms with Crippen LogP contribution in [0.1, 0.15) is 172 Å². The molecule has 6 heterocycles. The molecule has 0 bridgehead atoms. The Hall–Kier alpha value is -8.66. The van der Waals surface area contributed by atoms with Gasteiger partial charge in [-0.3, -0.25) is 0 Å². The van der Waals surface area contributed by atoms with Gasteiger partial charge in [0.2, 0.25) is 0 Å². The lowest BCUT2D eigenvalue weighted by molar-refractivity contribution is 0.339. The standard InChI is InChI=1S/C86H81N3/c1-49-37-50(2)40-57(39-49)87(58-41-51(3)38-52(4)42-58)59-46-72-80-73(47-59)85(13,14)67-32-22-34-69-78(67)89(80)77-66(84(72,11)12)31-21-33-68(77)86(69,15)48-53-23-18-25-55(43-53)61-36-35-54-24-16-17-26-60(54)74(61)56-44-70-79-71(45-56)83(9,10)65-30-20-28-63-76(65)88(79)75-62(81(63,5)6)27-19-29-64(75)82(70,7)8/h16-44,46-47,71H,45,48H2,1-15H3. The molecule has 17 rings (SSSR count). The van der Waals surface area contributed by atoms with Crippen LogP contribution in [-0.4, -0.2) is 0 Å². The summed E-state index contributed by atoms with van der Waals surface area (Å²) >= 11 is 0. The van der Waals surface area contributed by atoms with Crippen molar-refractivity contribution >= 4 is 61.8 Å². The zero-order valence-electron chi connectivity index (χ0n) is 54.7. The minimum absolute atomic E-state index is 0.121. The third kappa shape index (κ3) is 7.11. The molecule has 1 aliphatic carbocycles. The smallest absolute Gasteiger partial charge is 0.0545 e. The molecular formula is C86H81N3. The third-order valence-corrected chi connectivity index (χ3v) is 23.3. The van der Waals surface area contributed by atoms with Gasteiger partial charge in [-0.1, -0.05) is 228 Å². The average molecular weight is 1160 g/mol. The molecule has 10 aromatic rings. The van der Waals surface area contributed by atoms with E-state index >= 15 is 0 Å². The van der Waals surface area contributed by atoms with Crippen molar-refractivity contribution < 1.29 is 0 Å². The maximum atomic E-state index is 2.77. The van der Waals surface area contributed by atoms with Crippen LogP contribution in [0, 0.1) is 33.6 Å². The molecule has 10 aromatic carbocycles. The van der Waals surface area contributed by atoms with Gasteiger partial charge in [-0.15, -0.1) is 0 Å². The average Bonchev–Trinajstić information content (AvgIpc) is 0.674. The van der Waals surface area contributed by atoms with E-state index in [4.69, 9.17) is 0 Å². The lowest BCUT2D eigenvalue weighted by Gasteiger charge is -2.59. The van der Waals surface area contributed by atoms with Crippen LogP contribution in [0.2, 0.25) is 0 Å². The first-order valence-electron chi connectivity index (χ1n) is 32.8. The summed E-state index contributed by atoms with van der Waals surface area (Å²) in [6, 6.07) is 71.8. The summed E-state index contributed by atoms with van der Waals surface area (Å²) in [6.07, 6.45) is 4.47. The lowest BCUT2D eigenvalue weighted by atomic mass is 9.55. The van der Waals surface area contributed by atoms with Gasteiger partial charge < -0.3 is 14.7 Å². The molecule has 1 unspecified atom stereocenters. The van der Waals surface area contributed by atoms with Crippen molar-refractivity contribution in [2.24, 2.45) is 5.92 Å². The predicted molar refractivity (Wildman–Crippen MR) is 375 cm³/mol. The van der Waals surface area contributed by atoms with Gasteiger partial charge in [-0.05, 0) is 199 Å². The first kappa shape index (κ1) is 54.5. The summed E-state index contributed by atoms with van der Waals surface area (Å²) in [7, 11) is 0. The highest BCUT2D eigenvalue weighted by Gasteiger charge is 2.57. The first-order valence-corrected chi connectivity index (χ1v) is 32.8. The van der Waals surface area contributed by atoms with E-state index < -0.39 is 0 Å². The highest BCUT2D eigenvalue weighted by atomic mass is 15.2. The Kier molecular flexibility index (Phi) is 10.9. The van der Waals surface area contributed by atoms with Crippen LogP contribution < -0.4 is 14.7 Å². The molecule has 0 N–H and O–H groups in total. The molecule has 3 heteroatoms. The van der Waals surface area contributed by atoms with E-state index in [1.54, 1.807) is 0 Å². The molecular weight excluding hydrogens is 1070 g/mol. The van der Waals surface area contributed by atoms with Crippen molar-refractivity contribution in [3.8, 4) is 11.1 Å². The van der Waals surface area contributed by atoms with Crippen LogP contribution in [0.15, 0.2) is 199 Å². The molecule has 0 saturated carbocycles. The van der Waals surface area contributed by atoms with Crippen molar-refractivity contribution in [2.75, 3.05) is 14.7 Å². The van der Waals surface area contributed by atoms with Gasteiger partial charge in [-0.2, -0.15) is 0 Å². The van der Waals surface area contributed by atoms with Crippen molar-refractivity contribution in [3.63, 3.8) is 0 Å². The minimum Gasteiger partial charge on any atom is -0.312 e. The zero-order valence-corrected chi connectivity index (χ0v) is 54.7. The van der Waals surface area contributed by atoms with Gasteiger partial charge >= 0.3 is 0 Å². The summed E-state index contributed by atoms with van der Waals surface area (Å²) in [4.78, 5) is 8.03. The van der Waals surface area contributed by atoms with Crippen LogP contribution in [0.5, 0.6) is 0 Å². The number of para-hydroxylation sites is 4. The second-order valence-corrected chi connectivity index (χ2v) is 30.8. The molecule has 1 atom stereocenters. The van der Waals surface area contributed by atoms with E-state index in [0.717, 1.165) is 12.8 Å². The fourth-order valence-electron chi connectivity index (χ4n) is 18.9. The Morgan fingerprint density at radius 2 is 0.854 bits per heavy atom. The van der Waals surface area contributed by atoms with Gasteiger partial charge in [0, 0.05) is 61.2 Å². The van der Waals surface area contributed by atoms with E-state index in [1.165, 1.54) is 173 Å². The van der Waals surface area contributed by atoms with E-state index in [1.807, 2.05) is 0 Å². The van der Waals surface area contributed by atoms with Gasteiger partial charge in [0.25, 0.3) is 0 Å². The second-order valence-electron chi connectivity index (χ2n) is 30.8. The van der Waals surface area contributed by atoms with Gasteiger partial charge in [0.15, 0.2) is 0 Å². The van der Waals surface area contributed by atoms with Crippen molar-refractivity contribution in [2.45, 2.75) is 149 Å². The molecule has 6 aliphatic heterocycles. The Morgan fingerprint density at radius 3 is 1.42 bits per heavy atom. The number of aryl methyl sites for hydroxylation is 4. The molecule has 0 radical (unpaired) electrons. The SMILES string of the molecule is Cc1cc(C)cc(N(c2cc(C)cc(C)c2)c2cc3c4c(c2)C(C)(C)c2cccc5c2N4c2c(cccc2C5(C)Cc2cccc(-c4ccc5ccccc5c4C4=CC5=C6C(C4)C(C)(C)c4cccc7c4N6c4c(cccc4C7(C)C)C5(C)C)c2)C3(C)C)c1. The van der Waals surface area contributed by atoms with E-state index in [9.17, 15) is 0 Å². The summed E-state index contributed by atoms with van der Waals surface area (Å²) in [5.74, 6) is 0.264. The van der Waals surface area contributed by atoms with Gasteiger partial charge in [0.05, 0.1) is 28.4 Å². The van der Waals surface area contributed by atoms with Crippen molar-refractivity contribution in [3.05, 3.63) is 288 Å². The Labute approximate surface area is 528 Å². The maximum absolute atomic E-state index is 2.77. The molecule has 0 saturated heterocycles. The Morgan fingerprint density at radius 1 is 0.404 bits per heavy atom. The zero-order chi connectivity index (χ0) is 61.5. The molecule has 0 spiro atoms. The number of allylic oxidation sites excluding steroid dienone is 4. The number of nitrogens with zero attached hydrogens (tertiary/aromatic N) is 3. The summed E-state index contributed by atoms with van der Waals surface area (Å²) in [5, 5.41) is 2.61. The van der Waals surface area contributed by atoms with E-state index in [2.05, 4.69) is 307 Å². The van der Waals surface area contributed by atoms with Crippen molar-refractivity contribution in [1.29, 1.82) is 0 Å². The highest BCUT2D eigenvalue weighted by molar-refractivity contribution is 6.04. The number of rotatable bonds is 7. The Bertz CT molecular complexity index is 4730. The highest BCUT2D eigenvalue weighted by Crippen LogP contribution is 2.69. The minimum atomic E-state index is -0.355.